The van der Waals surface area contributed by atoms with E-state index >= 15 is 0 Å². The third kappa shape index (κ3) is 4.69. The molecular weight excluding hydrogens is 380 g/mol. The molecule has 2 aromatic carbocycles. The number of ether oxygens (including phenoxy) is 2. The molecule has 8 heteroatoms. The van der Waals surface area contributed by atoms with Crippen molar-refractivity contribution in [3.8, 4) is 11.5 Å². The van der Waals surface area contributed by atoms with E-state index in [1.54, 1.807) is 12.1 Å². The Hall–Kier alpha value is -3.32. The first-order chi connectivity index (χ1) is 13.6. The number of halogens is 1. The van der Waals surface area contributed by atoms with Crippen molar-refractivity contribution in [2.45, 2.75) is 6.54 Å². The van der Waals surface area contributed by atoms with Crippen LogP contribution in [0.2, 0.25) is 5.02 Å². The van der Waals surface area contributed by atoms with E-state index in [0.29, 0.717) is 40.3 Å². The lowest BCUT2D eigenvalue weighted by molar-refractivity contribution is 0.0950. The zero-order valence-electron chi connectivity index (χ0n) is 15.4. The number of benzene rings is 2. The molecule has 0 saturated heterocycles. The molecule has 0 fully saturated rings. The molecule has 1 heterocycles. The van der Waals surface area contributed by atoms with Crippen molar-refractivity contribution >= 4 is 29.1 Å². The maximum absolute atomic E-state index is 12.2. The van der Waals surface area contributed by atoms with Crippen LogP contribution in [0, 0.1) is 0 Å². The van der Waals surface area contributed by atoms with Gasteiger partial charge in [-0.05, 0) is 5.56 Å². The predicted octanol–water partition coefficient (Wildman–Crippen LogP) is 3.82. The fraction of sp³-hybridized carbons (Fsp3) is 0.150. The Morgan fingerprint density at radius 2 is 1.71 bits per heavy atom. The summed E-state index contributed by atoms with van der Waals surface area (Å²) in [4.78, 5) is 20.6. The second-order valence-corrected chi connectivity index (χ2v) is 6.18. The van der Waals surface area contributed by atoms with Gasteiger partial charge < -0.3 is 20.1 Å². The lowest BCUT2D eigenvalue weighted by Crippen LogP contribution is -2.23. The lowest BCUT2D eigenvalue weighted by atomic mass is 10.2. The van der Waals surface area contributed by atoms with Crippen LogP contribution in [-0.2, 0) is 6.54 Å². The van der Waals surface area contributed by atoms with Gasteiger partial charge in [-0.1, -0.05) is 41.9 Å². The Labute approximate surface area is 167 Å². The highest BCUT2D eigenvalue weighted by Crippen LogP contribution is 2.36. The number of anilines is 2. The Bertz CT molecular complexity index is 950. The number of nitrogens with one attached hydrogen (secondary N) is 2. The zero-order valence-corrected chi connectivity index (χ0v) is 16.2. The standard InChI is InChI=1S/C20H19ClN4O3/c1-27-17-9-16(18(28-2)8-15(17)21)25-20-23-11-14(12-24-20)19(26)22-10-13-6-4-3-5-7-13/h3-9,11-12H,10H2,1-2H3,(H,22,26)(H,23,24,25). The minimum absolute atomic E-state index is 0.249. The van der Waals surface area contributed by atoms with E-state index in [9.17, 15) is 4.79 Å². The molecule has 2 N–H and O–H groups in total. The van der Waals surface area contributed by atoms with Gasteiger partial charge in [-0.2, -0.15) is 0 Å². The van der Waals surface area contributed by atoms with Gasteiger partial charge in [0.2, 0.25) is 5.95 Å². The van der Waals surface area contributed by atoms with E-state index in [4.69, 9.17) is 21.1 Å². The number of nitrogens with zero attached hydrogens (tertiary/aromatic N) is 2. The Morgan fingerprint density at radius 3 is 2.36 bits per heavy atom. The molecule has 1 aromatic heterocycles. The van der Waals surface area contributed by atoms with Crippen molar-refractivity contribution in [1.29, 1.82) is 0 Å². The van der Waals surface area contributed by atoms with Crippen molar-refractivity contribution in [3.05, 3.63) is 71.0 Å². The largest absolute Gasteiger partial charge is 0.495 e. The van der Waals surface area contributed by atoms with E-state index in [-0.39, 0.29) is 5.91 Å². The lowest BCUT2D eigenvalue weighted by Gasteiger charge is -2.13. The van der Waals surface area contributed by atoms with E-state index < -0.39 is 0 Å². The topological polar surface area (TPSA) is 85.4 Å². The van der Waals surface area contributed by atoms with Crippen molar-refractivity contribution in [2.24, 2.45) is 0 Å². The van der Waals surface area contributed by atoms with Crippen molar-refractivity contribution in [1.82, 2.24) is 15.3 Å². The highest BCUT2D eigenvalue weighted by atomic mass is 35.5. The van der Waals surface area contributed by atoms with Crippen LogP contribution >= 0.6 is 11.6 Å². The number of carbonyl (C=O) groups is 1. The van der Waals surface area contributed by atoms with Crippen LogP contribution in [0.4, 0.5) is 11.6 Å². The van der Waals surface area contributed by atoms with Crippen LogP contribution in [0.5, 0.6) is 11.5 Å². The number of methoxy groups -OCH3 is 2. The quantitative estimate of drug-likeness (QED) is 0.629. The minimum atomic E-state index is -0.249. The maximum atomic E-state index is 12.2. The number of aromatic nitrogens is 2. The molecule has 0 aliphatic heterocycles. The fourth-order valence-electron chi connectivity index (χ4n) is 2.47. The number of hydrogen-bond acceptors (Lipinski definition) is 6. The molecular formula is C20H19ClN4O3. The van der Waals surface area contributed by atoms with Gasteiger partial charge in [-0.15, -0.1) is 0 Å². The van der Waals surface area contributed by atoms with Crippen LogP contribution in [0.1, 0.15) is 15.9 Å². The average molecular weight is 399 g/mol. The van der Waals surface area contributed by atoms with E-state index in [1.807, 2.05) is 30.3 Å². The van der Waals surface area contributed by atoms with Crippen LogP contribution in [-0.4, -0.2) is 30.1 Å². The average Bonchev–Trinajstić information content (AvgIpc) is 2.74. The Kier molecular flexibility index (Phi) is 6.29. The summed E-state index contributed by atoms with van der Waals surface area (Å²) >= 11 is 6.10. The first-order valence-corrected chi connectivity index (χ1v) is 8.81. The molecule has 0 aliphatic carbocycles. The number of rotatable bonds is 7. The molecule has 0 atom stereocenters. The van der Waals surface area contributed by atoms with Gasteiger partial charge in [-0.25, -0.2) is 9.97 Å². The van der Waals surface area contributed by atoms with Crippen LogP contribution in [0.3, 0.4) is 0 Å². The fourth-order valence-corrected chi connectivity index (χ4v) is 2.70. The number of carbonyl (C=O) groups excluding carboxylic acids is 1. The SMILES string of the molecule is COc1cc(Nc2ncc(C(=O)NCc3ccccc3)cn2)c(OC)cc1Cl. The van der Waals surface area contributed by atoms with Crippen molar-refractivity contribution < 1.29 is 14.3 Å². The number of hydrogen-bond donors (Lipinski definition) is 2. The first kappa shape index (κ1) is 19.4. The van der Waals surface area contributed by atoms with Gasteiger partial charge in [0.15, 0.2) is 0 Å². The third-order valence-corrected chi connectivity index (χ3v) is 4.23. The van der Waals surface area contributed by atoms with Crippen molar-refractivity contribution in [2.75, 3.05) is 19.5 Å². The maximum Gasteiger partial charge on any atom is 0.254 e. The van der Waals surface area contributed by atoms with Gasteiger partial charge in [0.1, 0.15) is 11.5 Å². The summed E-state index contributed by atoms with van der Waals surface area (Å²) in [6.45, 7) is 0.432. The summed E-state index contributed by atoms with van der Waals surface area (Å²) in [7, 11) is 3.06. The van der Waals surface area contributed by atoms with E-state index in [1.165, 1.54) is 26.6 Å². The molecule has 1 amide bonds. The molecule has 3 aromatic rings. The van der Waals surface area contributed by atoms with Gasteiger partial charge in [0.25, 0.3) is 5.91 Å². The third-order valence-electron chi connectivity index (χ3n) is 3.93. The Balaban J connectivity index is 1.68. The molecule has 0 spiro atoms. The van der Waals surface area contributed by atoms with Crippen LogP contribution in [0.25, 0.3) is 0 Å². The highest BCUT2D eigenvalue weighted by molar-refractivity contribution is 6.32. The smallest absolute Gasteiger partial charge is 0.254 e. The molecule has 0 radical (unpaired) electrons. The van der Waals surface area contributed by atoms with Gasteiger partial charge in [-0.3, -0.25) is 4.79 Å². The predicted molar refractivity (Wildman–Crippen MR) is 107 cm³/mol. The van der Waals surface area contributed by atoms with Gasteiger partial charge in [0, 0.05) is 31.1 Å². The minimum Gasteiger partial charge on any atom is -0.495 e. The highest BCUT2D eigenvalue weighted by Gasteiger charge is 2.12. The monoisotopic (exact) mass is 398 g/mol. The van der Waals surface area contributed by atoms with Crippen molar-refractivity contribution in [3.63, 3.8) is 0 Å². The molecule has 0 bridgehead atoms. The molecule has 0 unspecified atom stereocenters. The molecule has 0 saturated carbocycles. The summed E-state index contributed by atoms with van der Waals surface area (Å²) in [5.41, 5.74) is 1.96. The van der Waals surface area contributed by atoms with Crippen LogP contribution < -0.4 is 20.1 Å². The summed E-state index contributed by atoms with van der Waals surface area (Å²) in [6.07, 6.45) is 2.91. The molecule has 3 rings (SSSR count). The summed E-state index contributed by atoms with van der Waals surface area (Å²) < 4.78 is 10.5. The second kappa shape index (κ2) is 9.05. The van der Waals surface area contributed by atoms with E-state index in [0.717, 1.165) is 5.56 Å². The normalized spacial score (nSPS) is 10.2. The second-order valence-electron chi connectivity index (χ2n) is 5.78. The zero-order chi connectivity index (χ0) is 19.9. The summed E-state index contributed by atoms with van der Waals surface area (Å²) in [6, 6.07) is 13.0. The summed E-state index contributed by atoms with van der Waals surface area (Å²) in [5, 5.41) is 6.29. The van der Waals surface area contributed by atoms with Crippen LogP contribution in [0.15, 0.2) is 54.9 Å². The van der Waals surface area contributed by atoms with Gasteiger partial charge >= 0.3 is 0 Å². The molecule has 28 heavy (non-hydrogen) atoms. The number of amides is 1. The van der Waals surface area contributed by atoms with Gasteiger partial charge in [0.05, 0.1) is 30.5 Å². The summed E-state index contributed by atoms with van der Waals surface area (Å²) in [5.74, 6) is 1.06. The molecule has 7 nitrogen and oxygen atoms in total. The molecule has 144 valence electrons. The van der Waals surface area contributed by atoms with E-state index in [2.05, 4.69) is 20.6 Å². The Morgan fingerprint density at radius 1 is 1.04 bits per heavy atom. The molecule has 0 aliphatic rings. The first-order valence-electron chi connectivity index (χ1n) is 8.43.